The van der Waals surface area contributed by atoms with Gasteiger partial charge in [-0.25, -0.2) is 4.79 Å². The zero-order valence-corrected chi connectivity index (χ0v) is 13.6. The molecule has 0 heterocycles. The van der Waals surface area contributed by atoms with Gasteiger partial charge in [-0.05, 0) is 65.1 Å². The molecule has 2 aromatic carbocycles. The van der Waals surface area contributed by atoms with Crippen molar-refractivity contribution in [2.45, 2.75) is 9.79 Å². The first kappa shape index (κ1) is 14.9. The summed E-state index contributed by atoms with van der Waals surface area (Å²) in [6, 6.07) is 15.0. The van der Waals surface area contributed by atoms with Gasteiger partial charge in [0.05, 0.1) is 24.3 Å². The molecule has 2 rings (SSSR count). The molecule has 3 nitrogen and oxygen atoms in total. The highest BCUT2D eigenvalue weighted by atomic mass is 127. The van der Waals surface area contributed by atoms with Crippen molar-refractivity contribution in [3.8, 4) is 6.07 Å². The minimum absolute atomic E-state index is 0.412. The van der Waals surface area contributed by atoms with Gasteiger partial charge in [0.2, 0.25) is 0 Å². The number of carbonyl (C=O) groups excluding carboxylic acids is 1. The maximum absolute atomic E-state index is 11.8. The molecule has 0 spiro atoms. The van der Waals surface area contributed by atoms with Crippen molar-refractivity contribution in [2.24, 2.45) is 0 Å². The van der Waals surface area contributed by atoms with Crippen molar-refractivity contribution in [1.29, 1.82) is 5.26 Å². The molecular formula is C15H10INO2S. The Morgan fingerprint density at radius 1 is 1.25 bits per heavy atom. The molecule has 0 radical (unpaired) electrons. The smallest absolute Gasteiger partial charge is 0.339 e. The first-order chi connectivity index (χ1) is 9.63. The molecule has 100 valence electrons. The summed E-state index contributed by atoms with van der Waals surface area (Å²) in [4.78, 5) is 13.6. The Morgan fingerprint density at radius 3 is 2.55 bits per heavy atom. The number of nitriles is 1. The maximum Gasteiger partial charge on any atom is 0.339 e. The highest BCUT2D eigenvalue weighted by molar-refractivity contribution is 14.1. The van der Waals surface area contributed by atoms with Gasteiger partial charge in [-0.3, -0.25) is 0 Å². The molecule has 0 saturated heterocycles. The normalized spacial score (nSPS) is 9.85. The standard InChI is InChI=1S/C15H10INO2S/c1-19-15(18)13-8-10(9-17)2-7-14(13)20-12-5-3-11(16)4-6-12/h2-8H,1H3. The lowest BCUT2D eigenvalue weighted by atomic mass is 10.1. The molecule has 2 aromatic rings. The van der Waals surface area contributed by atoms with Crippen molar-refractivity contribution >= 4 is 40.3 Å². The molecule has 0 aliphatic heterocycles. The van der Waals surface area contributed by atoms with Crippen LogP contribution in [-0.2, 0) is 4.74 Å². The summed E-state index contributed by atoms with van der Waals surface area (Å²) in [5.74, 6) is -0.435. The van der Waals surface area contributed by atoms with E-state index in [-0.39, 0.29) is 0 Å². The van der Waals surface area contributed by atoms with Crippen LogP contribution in [0, 0.1) is 14.9 Å². The first-order valence-electron chi connectivity index (χ1n) is 5.70. The van der Waals surface area contributed by atoms with Gasteiger partial charge >= 0.3 is 5.97 Å². The second kappa shape index (κ2) is 6.77. The number of methoxy groups -OCH3 is 1. The van der Waals surface area contributed by atoms with Crippen LogP contribution < -0.4 is 0 Å². The van der Waals surface area contributed by atoms with E-state index in [4.69, 9.17) is 10.00 Å². The van der Waals surface area contributed by atoms with E-state index < -0.39 is 5.97 Å². The average Bonchev–Trinajstić information content (AvgIpc) is 2.49. The fourth-order valence-corrected chi connectivity index (χ4v) is 2.86. The molecule has 20 heavy (non-hydrogen) atoms. The zero-order valence-electron chi connectivity index (χ0n) is 10.6. The van der Waals surface area contributed by atoms with E-state index in [0.717, 1.165) is 13.4 Å². The summed E-state index contributed by atoms with van der Waals surface area (Å²) in [6.45, 7) is 0. The van der Waals surface area contributed by atoms with Crippen LogP contribution in [0.25, 0.3) is 0 Å². The molecule has 0 atom stereocenters. The second-order valence-electron chi connectivity index (χ2n) is 3.87. The quantitative estimate of drug-likeness (QED) is 0.580. The van der Waals surface area contributed by atoms with E-state index in [1.54, 1.807) is 18.2 Å². The van der Waals surface area contributed by atoms with E-state index in [9.17, 15) is 4.79 Å². The topological polar surface area (TPSA) is 50.1 Å². The molecule has 0 N–H and O–H groups in total. The van der Waals surface area contributed by atoms with Crippen molar-refractivity contribution in [3.63, 3.8) is 0 Å². The number of hydrogen-bond acceptors (Lipinski definition) is 4. The van der Waals surface area contributed by atoms with Crippen molar-refractivity contribution < 1.29 is 9.53 Å². The predicted molar refractivity (Wildman–Crippen MR) is 85.8 cm³/mol. The number of hydrogen-bond donors (Lipinski definition) is 0. The highest BCUT2D eigenvalue weighted by Gasteiger charge is 2.14. The summed E-state index contributed by atoms with van der Waals surface area (Å²) >= 11 is 3.71. The first-order valence-corrected chi connectivity index (χ1v) is 7.59. The lowest BCUT2D eigenvalue weighted by Gasteiger charge is -2.08. The van der Waals surface area contributed by atoms with E-state index in [2.05, 4.69) is 22.6 Å². The second-order valence-corrected chi connectivity index (χ2v) is 6.23. The minimum atomic E-state index is -0.435. The number of carbonyl (C=O) groups is 1. The van der Waals surface area contributed by atoms with Gasteiger partial charge in [0, 0.05) is 13.4 Å². The number of rotatable bonds is 3. The molecule has 0 unspecified atom stereocenters. The fraction of sp³-hybridized carbons (Fsp3) is 0.0667. The monoisotopic (exact) mass is 395 g/mol. The number of benzene rings is 2. The minimum Gasteiger partial charge on any atom is -0.465 e. The van der Waals surface area contributed by atoms with Crippen LogP contribution in [0.3, 0.4) is 0 Å². The van der Waals surface area contributed by atoms with E-state index in [0.29, 0.717) is 11.1 Å². The lowest BCUT2D eigenvalue weighted by Crippen LogP contribution is -2.03. The molecule has 0 amide bonds. The summed E-state index contributed by atoms with van der Waals surface area (Å²) in [6.07, 6.45) is 0. The molecule has 0 bridgehead atoms. The molecular weight excluding hydrogens is 385 g/mol. The third-order valence-corrected chi connectivity index (χ3v) is 4.36. The van der Waals surface area contributed by atoms with Crippen molar-refractivity contribution in [2.75, 3.05) is 7.11 Å². The van der Waals surface area contributed by atoms with Crippen LogP contribution in [-0.4, -0.2) is 13.1 Å². The Kier molecular flexibility index (Phi) is 5.04. The Hall–Kier alpha value is -1.52. The SMILES string of the molecule is COC(=O)c1cc(C#N)ccc1Sc1ccc(I)cc1. The predicted octanol–water partition coefficient (Wildman–Crippen LogP) is 4.10. The van der Waals surface area contributed by atoms with E-state index >= 15 is 0 Å². The van der Waals surface area contributed by atoms with E-state index in [1.165, 1.54) is 18.9 Å². The largest absolute Gasteiger partial charge is 0.465 e. The van der Waals surface area contributed by atoms with Crippen LogP contribution in [0.2, 0.25) is 0 Å². The Balaban J connectivity index is 2.38. The van der Waals surface area contributed by atoms with Crippen molar-refractivity contribution in [1.82, 2.24) is 0 Å². The molecule has 5 heteroatoms. The number of esters is 1. The summed E-state index contributed by atoms with van der Waals surface area (Å²) in [5.41, 5.74) is 0.854. The highest BCUT2D eigenvalue weighted by Crippen LogP contribution is 2.31. The summed E-state index contributed by atoms with van der Waals surface area (Å²) in [5, 5.41) is 8.92. The molecule has 0 aromatic heterocycles. The summed E-state index contributed by atoms with van der Waals surface area (Å²) in [7, 11) is 1.33. The molecule has 0 saturated carbocycles. The fourth-order valence-electron chi connectivity index (χ4n) is 1.59. The third kappa shape index (κ3) is 3.52. The van der Waals surface area contributed by atoms with Gasteiger partial charge in [-0.2, -0.15) is 5.26 Å². The number of nitrogens with zero attached hydrogens (tertiary/aromatic N) is 1. The van der Waals surface area contributed by atoms with E-state index in [1.807, 2.05) is 30.3 Å². The Labute approximate surface area is 135 Å². The van der Waals surface area contributed by atoms with Crippen molar-refractivity contribution in [3.05, 3.63) is 57.2 Å². The Bertz CT molecular complexity index is 677. The number of ether oxygens (including phenoxy) is 1. The summed E-state index contributed by atoms with van der Waals surface area (Å²) < 4.78 is 5.92. The van der Waals surface area contributed by atoms with Crippen LogP contribution in [0.15, 0.2) is 52.3 Å². The van der Waals surface area contributed by atoms with Gasteiger partial charge in [-0.15, -0.1) is 0 Å². The molecule has 0 fully saturated rings. The zero-order chi connectivity index (χ0) is 14.5. The third-order valence-electron chi connectivity index (χ3n) is 2.56. The van der Waals surface area contributed by atoms with Crippen LogP contribution in [0.1, 0.15) is 15.9 Å². The van der Waals surface area contributed by atoms with Crippen LogP contribution in [0.5, 0.6) is 0 Å². The average molecular weight is 395 g/mol. The lowest BCUT2D eigenvalue weighted by molar-refractivity contribution is 0.0596. The Morgan fingerprint density at radius 2 is 1.95 bits per heavy atom. The molecule has 0 aliphatic rings. The number of halogens is 1. The molecule has 0 aliphatic carbocycles. The van der Waals surface area contributed by atoms with Gasteiger partial charge in [0.25, 0.3) is 0 Å². The van der Waals surface area contributed by atoms with Gasteiger partial charge in [-0.1, -0.05) is 11.8 Å². The van der Waals surface area contributed by atoms with Gasteiger partial charge in [0.15, 0.2) is 0 Å². The van der Waals surface area contributed by atoms with Gasteiger partial charge in [0.1, 0.15) is 0 Å². The van der Waals surface area contributed by atoms with Gasteiger partial charge < -0.3 is 4.74 Å². The van der Waals surface area contributed by atoms with Crippen LogP contribution in [0.4, 0.5) is 0 Å². The van der Waals surface area contributed by atoms with Crippen LogP contribution >= 0.6 is 34.4 Å². The maximum atomic E-state index is 11.8.